The highest BCUT2D eigenvalue weighted by atomic mass is 127. The van der Waals surface area contributed by atoms with E-state index in [4.69, 9.17) is 4.74 Å². The number of hydrogen-bond acceptors (Lipinski definition) is 4. The lowest BCUT2D eigenvalue weighted by Crippen LogP contribution is -2.41. The van der Waals surface area contributed by atoms with Gasteiger partial charge in [0.1, 0.15) is 24.5 Å². The lowest BCUT2D eigenvalue weighted by Gasteiger charge is -2.14. The molecular weight excluding hydrogens is 443 g/mol. The number of nitrogens with zero attached hydrogens (tertiary/aromatic N) is 4. The first-order valence-electron chi connectivity index (χ1n) is 8.90. The second-order valence-electron chi connectivity index (χ2n) is 5.54. The predicted octanol–water partition coefficient (Wildman–Crippen LogP) is 2.48. The molecule has 0 saturated carbocycles. The smallest absolute Gasteiger partial charge is 0.191 e. The van der Waals surface area contributed by atoms with Crippen molar-refractivity contribution in [3.8, 4) is 5.75 Å². The van der Waals surface area contributed by atoms with Crippen molar-refractivity contribution in [3.05, 3.63) is 42.5 Å². The van der Waals surface area contributed by atoms with Gasteiger partial charge in [0.05, 0.1) is 6.54 Å². The molecule has 7 nitrogen and oxygen atoms in total. The van der Waals surface area contributed by atoms with Crippen LogP contribution in [0.2, 0.25) is 0 Å². The summed E-state index contributed by atoms with van der Waals surface area (Å²) < 4.78 is 7.75. The fraction of sp³-hybridized carbons (Fsp3) is 0.500. The summed E-state index contributed by atoms with van der Waals surface area (Å²) in [6.45, 7) is 7.84. The van der Waals surface area contributed by atoms with E-state index in [0.717, 1.165) is 50.0 Å². The molecule has 0 spiro atoms. The zero-order chi connectivity index (χ0) is 17.7. The molecule has 0 aliphatic rings. The van der Waals surface area contributed by atoms with Gasteiger partial charge in [0.15, 0.2) is 5.96 Å². The fourth-order valence-corrected chi connectivity index (χ4v) is 2.29. The van der Waals surface area contributed by atoms with Crippen LogP contribution in [0.15, 0.2) is 41.7 Å². The number of aromatic nitrogens is 3. The molecule has 0 saturated heterocycles. The van der Waals surface area contributed by atoms with E-state index < -0.39 is 0 Å². The summed E-state index contributed by atoms with van der Waals surface area (Å²) in [5.74, 6) is 2.69. The molecule has 2 rings (SSSR count). The maximum atomic E-state index is 5.69. The maximum absolute atomic E-state index is 5.69. The van der Waals surface area contributed by atoms with Gasteiger partial charge in [-0.15, -0.1) is 34.2 Å². The molecule has 0 fully saturated rings. The van der Waals surface area contributed by atoms with Gasteiger partial charge in [-0.05, 0) is 18.6 Å². The van der Waals surface area contributed by atoms with Crippen molar-refractivity contribution in [1.29, 1.82) is 0 Å². The summed E-state index contributed by atoms with van der Waals surface area (Å²) in [5.41, 5.74) is 0. The SMILES string of the molecule is CCCN=C(NCCOc1ccccc1)NCCn1cnnc1CC.I. The van der Waals surface area contributed by atoms with Gasteiger partial charge in [-0.3, -0.25) is 4.99 Å². The predicted molar refractivity (Wildman–Crippen MR) is 115 cm³/mol. The molecule has 144 valence electrons. The molecule has 1 heterocycles. The van der Waals surface area contributed by atoms with E-state index in [1.54, 1.807) is 6.33 Å². The van der Waals surface area contributed by atoms with Gasteiger partial charge in [0.25, 0.3) is 0 Å². The van der Waals surface area contributed by atoms with Crippen molar-refractivity contribution in [3.63, 3.8) is 0 Å². The Labute approximate surface area is 172 Å². The summed E-state index contributed by atoms with van der Waals surface area (Å²) in [7, 11) is 0. The summed E-state index contributed by atoms with van der Waals surface area (Å²) >= 11 is 0. The fourth-order valence-electron chi connectivity index (χ4n) is 2.29. The Kier molecular flexibility index (Phi) is 11.4. The number of guanidine groups is 1. The molecule has 1 aromatic heterocycles. The van der Waals surface area contributed by atoms with E-state index in [1.807, 2.05) is 30.3 Å². The van der Waals surface area contributed by atoms with Crippen LogP contribution in [-0.2, 0) is 13.0 Å². The van der Waals surface area contributed by atoms with Gasteiger partial charge in [-0.25, -0.2) is 0 Å². The van der Waals surface area contributed by atoms with Crippen LogP contribution < -0.4 is 15.4 Å². The number of halogens is 1. The second kappa shape index (κ2) is 13.4. The van der Waals surface area contributed by atoms with E-state index in [1.165, 1.54) is 0 Å². The van der Waals surface area contributed by atoms with Crippen molar-refractivity contribution in [2.45, 2.75) is 33.2 Å². The van der Waals surface area contributed by atoms with Gasteiger partial charge < -0.3 is 19.9 Å². The van der Waals surface area contributed by atoms with Crippen LogP contribution in [0.25, 0.3) is 0 Å². The standard InChI is InChI=1S/C18H28N6O.HI/c1-3-10-19-18(20-11-13-24-15-22-23-17(24)4-2)21-12-14-25-16-8-6-5-7-9-16;/h5-9,15H,3-4,10-14H2,1-2H3,(H2,19,20,21);1H. The van der Waals surface area contributed by atoms with E-state index >= 15 is 0 Å². The molecule has 2 N–H and O–H groups in total. The minimum Gasteiger partial charge on any atom is -0.492 e. The van der Waals surface area contributed by atoms with Crippen molar-refractivity contribution in [2.24, 2.45) is 4.99 Å². The molecule has 0 unspecified atom stereocenters. The highest BCUT2D eigenvalue weighted by molar-refractivity contribution is 14.0. The normalized spacial score (nSPS) is 10.9. The molecular formula is C18H29IN6O. The van der Waals surface area contributed by atoms with Crippen molar-refractivity contribution in [2.75, 3.05) is 26.2 Å². The molecule has 2 aromatic rings. The van der Waals surface area contributed by atoms with Gasteiger partial charge in [-0.1, -0.05) is 32.0 Å². The zero-order valence-electron chi connectivity index (χ0n) is 15.5. The number of ether oxygens (including phenoxy) is 1. The minimum atomic E-state index is 0. The quantitative estimate of drug-likeness (QED) is 0.241. The molecule has 0 radical (unpaired) electrons. The number of aryl methyl sites for hydroxylation is 1. The average molecular weight is 472 g/mol. The molecule has 0 amide bonds. The van der Waals surface area contributed by atoms with Gasteiger partial charge in [0, 0.05) is 26.1 Å². The van der Waals surface area contributed by atoms with Crippen molar-refractivity contribution >= 4 is 29.9 Å². The monoisotopic (exact) mass is 472 g/mol. The van der Waals surface area contributed by atoms with E-state index in [2.05, 4.69) is 44.2 Å². The summed E-state index contributed by atoms with van der Waals surface area (Å²) in [6.07, 6.45) is 3.66. The highest BCUT2D eigenvalue weighted by Crippen LogP contribution is 2.07. The van der Waals surface area contributed by atoms with Crippen LogP contribution in [0.3, 0.4) is 0 Å². The van der Waals surface area contributed by atoms with Crippen molar-refractivity contribution in [1.82, 2.24) is 25.4 Å². The third kappa shape index (κ3) is 8.03. The third-order valence-electron chi connectivity index (χ3n) is 3.56. The summed E-state index contributed by atoms with van der Waals surface area (Å²) in [4.78, 5) is 4.55. The lowest BCUT2D eigenvalue weighted by atomic mass is 10.3. The first-order valence-corrected chi connectivity index (χ1v) is 8.90. The lowest BCUT2D eigenvalue weighted by molar-refractivity contribution is 0.322. The minimum absolute atomic E-state index is 0. The topological polar surface area (TPSA) is 76.4 Å². The third-order valence-corrected chi connectivity index (χ3v) is 3.56. The Hall–Kier alpha value is -1.84. The van der Waals surface area contributed by atoms with Gasteiger partial charge in [0.2, 0.25) is 0 Å². The first-order chi connectivity index (χ1) is 12.3. The number of para-hydroxylation sites is 1. The molecule has 8 heteroatoms. The first kappa shape index (κ1) is 22.2. The number of nitrogens with one attached hydrogen (secondary N) is 2. The maximum Gasteiger partial charge on any atom is 0.191 e. The molecule has 1 aromatic carbocycles. The van der Waals surface area contributed by atoms with Crippen LogP contribution in [0, 0.1) is 0 Å². The average Bonchev–Trinajstić information content (AvgIpc) is 3.11. The van der Waals surface area contributed by atoms with Crippen LogP contribution in [0.4, 0.5) is 0 Å². The number of aliphatic imine (C=N–C) groups is 1. The summed E-state index contributed by atoms with van der Waals surface area (Å²) in [5, 5.41) is 14.7. The van der Waals surface area contributed by atoms with Crippen LogP contribution >= 0.6 is 24.0 Å². The van der Waals surface area contributed by atoms with E-state index in [9.17, 15) is 0 Å². The molecule has 0 aliphatic carbocycles. The molecule has 0 atom stereocenters. The number of rotatable bonds is 10. The largest absolute Gasteiger partial charge is 0.492 e. The number of benzene rings is 1. The second-order valence-corrected chi connectivity index (χ2v) is 5.54. The van der Waals surface area contributed by atoms with Gasteiger partial charge >= 0.3 is 0 Å². The Bertz CT molecular complexity index is 632. The highest BCUT2D eigenvalue weighted by Gasteiger charge is 2.02. The van der Waals surface area contributed by atoms with Gasteiger partial charge in [-0.2, -0.15) is 0 Å². The molecule has 0 bridgehead atoms. The van der Waals surface area contributed by atoms with E-state index in [0.29, 0.717) is 13.2 Å². The zero-order valence-corrected chi connectivity index (χ0v) is 17.8. The summed E-state index contributed by atoms with van der Waals surface area (Å²) in [6, 6.07) is 9.82. The van der Waals surface area contributed by atoms with Crippen LogP contribution in [0.1, 0.15) is 26.1 Å². The van der Waals surface area contributed by atoms with E-state index in [-0.39, 0.29) is 24.0 Å². The number of hydrogen-bond donors (Lipinski definition) is 2. The molecule has 0 aliphatic heterocycles. The van der Waals surface area contributed by atoms with Crippen LogP contribution in [0.5, 0.6) is 5.75 Å². The Morgan fingerprint density at radius 1 is 1.15 bits per heavy atom. The Morgan fingerprint density at radius 3 is 2.65 bits per heavy atom. The van der Waals surface area contributed by atoms with Crippen molar-refractivity contribution < 1.29 is 4.74 Å². The Balaban J connectivity index is 0.00000338. The van der Waals surface area contributed by atoms with Crippen LogP contribution in [-0.4, -0.2) is 47.0 Å². The Morgan fingerprint density at radius 2 is 1.92 bits per heavy atom. The molecule has 26 heavy (non-hydrogen) atoms.